The number of nitrogens with one attached hydrogen (secondary N) is 3. The molecule has 0 spiro atoms. The third kappa shape index (κ3) is 7.70. The highest BCUT2D eigenvalue weighted by atomic mass is 35.6. The van der Waals surface area contributed by atoms with Gasteiger partial charge >= 0.3 is 0 Å². The number of amides is 1. The summed E-state index contributed by atoms with van der Waals surface area (Å²) >= 11 is 35.0. The van der Waals surface area contributed by atoms with Crippen molar-refractivity contribution in [3.8, 4) is 5.75 Å². The molecule has 0 aliphatic carbocycles. The van der Waals surface area contributed by atoms with Gasteiger partial charge in [-0.05, 0) is 42.5 Å². The van der Waals surface area contributed by atoms with Crippen molar-refractivity contribution in [2.24, 2.45) is 0 Å². The van der Waals surface area contributed by atoms with Crippen LogP contribution < -0.4 is 20.7 Å². The maximum absolute atomic E-state index is 12.2. The monoisotopic (exact) mass is 499 g/mol. The summed E-state index contributed by atoms with van der Waals surface area (Å²) in [5, 5.41) is 8.96. The van der Waals surface area contributed by atoms with Crippen molar-refractivity contribution in [1.29, 1.82) is 0 Å². The molecule has 2 rings (SSSR count). The molecule has 2 aromatic rings. The quantitative estimate of drug-likeness (QED) is 0.290. The lowest BCUT2D eigenvalue weighted by Crippen LogP contribution is -2.57. The highest BCUT2D eigenvalue weighted by Gasteiger charge is 2.34. The molecule has 28 heavy (non-hydrogen) atoms. The standard InChI is InChI=1S/C17H14Cl5N3O2S/c18-10-6-7-12(19)13(8-10)23-16(28)25-15(17(20,21)22)24-14(26)9-27-11-4-2-1-3-5-11/h1-8,15H,9H2,(H,24,26)(H2,23,25,28)/t15-/m0/s1. The number of hydrogen-bond acceptors (Lipinski definition) is 3. The fourth-order valence-corrected chi connectivity index (χ4v) is 2.84. The van der Waals surface area contributed by atoms with Crippen LogP contribution in [-0.2, 0) is 4.79 Å². The van der Waals surface area contributed by atoms with E-state index in [2.05, 4.69) is 16.0 Å². The minimum atomic E-state index is -1.90. The maximum Gasteiger partial charge on any atom is 0.259 e. The average molecular weight is 502 g/mol. The molecule has 2 aromatic carbocycles. The summed E-state index contributed by atoms with van der Waals surface area (Å²) in [6, 6.07) is 13.6. The van der Waals surface area contributed by atoms with Crippen molar-refractivity contribution < 1.29 is 9.53 Å². The van der Waals surface area contributed by atoms with Crippen LogP contribution in [0.2, 0.25) is 10.0 Å². The second-order valence-corrected chi connectivity index (χ2v) is 8.99. The van der Waals surface area contributed by atoms with Crippen LogP contribution in [0.1, 0.15) is 0 Å². The second-order valence-electron chi connectivity index (χ2n) is 5.37. The van der Waals surface area contributed by atoms with Gasteiger partial charge in [-0.25, -0.2) is 0 Å². The SMILES string of the molecule is O=C(COc1ccccc1)N[C@@H](NC(=S)Nc1cc(Cl)ccc1Cl)C(Cl)(Cl)Cl. The molecule has 0 fully saturated rings. The Morgan fingerprint density at radius 2 is 1.75 bits per heavy atom. The van der Waals surface area contributed by atoms with E-state index < -0.39 is 15.9 Å². The molecule has 3 N–H and O–H groups in total. The molecule has 0 aliphatic heterocycles. The number of thiocarbonyl (C=S) groups is 1. The number of para-hydroxylation sites is 1. The molecule has 11 heteroatoms. The van der Waals surface area contributed by atoms with E-state index in [0.717, 1.165) is 0 Å². The van der Waals surface area contributed by atoms with Gasteiger partial charge in [0.25, 0.3) is 5.91 Å². The Morgan fingerprint density at radius 3 is 2.39 bits per heavy atom. The molecule has 1 amide bonds. The zero-order valence-electron chi connectivity index (χ0n) is 14.0. The van der Waals surface area contributed by atoms with Crippen LogP contribution in [0.5, 0.6) is 5.75 Å². The van der Waals surface area contributed by atoms with E-state index in [4.69, 9.17) is 75.0 Å². The molecule has 0 aromatic heterocycles. The van der Waals surface area contributed by atoms with E-state index in [1.165, 1.54) is 0 Å². The average Bonchev–Trinajstić information content (AvgIpc) is 2.62. The van der Waals surface area contributed by atoms with Crippen molar-refractivity contribution in [3.63, 3.8) is 0 Å². The third-order valence-electron chi connectivity index (χ3n) is 3.20. The fraction of sp³-hybridized carbons (Fsp3) is 0.176. The third-order valence-corrected chi connectivity index (χ3v) is 4.64. The van der Waals surface area contributed by atoms with Crippen molar-refractivity contribution in [2.75, 3.05) is 11.9 Å². The molecule has 0 saturated carbocycles. The number of hydrogen-bond donors (Lipinski definition) is 3. The lowest BCUT2D eigenvalue weighted by atomic mass is 10.3. The zero-order chi connectivity index (χ0) is 20.7. The Labute approximate surface area is 192 Å². The molecule has 0 heterocycles. The predicted molar refractivity (Wildman–Crippen MR) is 120 cm³/mol. The largest absolute Gasteiger partial charge is 0.484 e. The lowest BCUT2D eigenvalue weighted by Gasteiger charge is -2.27. The van der Waals surface area contributed by atoms with Crippen LogP contribution in [0.15, 0.2) is 48.5 Å². The van der Waals surface area contributed by atoms with E-state index in [-0.39, 0.29) is 11.7 Å². The zero-order valence-corrected chi connectivity index (χ0v) is 18.6. The summed E-state index contributed by atoms with van der Waals surface area (Å²) in [6.07, 6.45) is -1.14. The van der Waals surface area contributed by atoms with Gasteiger partial charge in [0.1, 0.15) is 11.9 Å². The van der Waals surface area contributed by atoms with Gasteiger partial charge in [-0.2, -0.15) is 0 Å². The fourth-order valence-electron chi connectivity index (χ4n) is 1.95. The van der Waals surface area contributed by atoms with E-state index in [9.17, 15) is 4.79 Å². The Balaban J connectivity index is 1.96. The van der Waals surface area contributed by atoms with Crippen molar-refractivity contribution >= 4 is 86.9 Å². The first-order valence-corrected chi connectivity index (χ1v) is 10.0. The molecule has 0 saturated heterocycles. The van der Waals surface area contributed by atoms with Crippen molar-refractivity contribution in [3.05, 3.63) is 58.6 Å². The number of alkyl halides is 3. The van der Waals surface area contributed by atoms with Gasteiger partial charge in [-0.15, -0.1) is 0 Å². The number of rotatable bonds is 6. The van der Waals surface area contributed by atoms with Gasteiger partial charge < -0.3 is 20.7 Å². The summed E-state index contributed by atoms with van der Waals surface area (Å²) in [5.41, 5.74) is 0.452. The molecule has 0 aliphatic rings. The predicted octanol–water partition coefficient (Wildman–Crippen LogP) is 5.17. The van der Waals surface area contributed by atoms with E-state index in [1.807, 2.05) is 6.07 Å². The minimum Gasteiger partial charge on any atom is -0.484 e. The van der Waals surface area contributed by atoms with E-state index in [0.29, 0.717) is 21.5 Å². The molecule has 5 nitrogen and oxygen atoms in total. The smallest absolute Gasteiger partial charge is 0.259 e. The first-order valence-electron chi connectivity index (χ1n) is 7.71. The summed E-state index contributed by atoms with van der Waals surface area (Å²) in [4.78, 5) is 12.2. The first-order chi connectivity index (χ1) is 13.1. The topological polar surface area (TPSA) is 62.4 Å². The van der Waals surface area contributed by atoms with Crippen LogP contribution in [0.25, 0.3) is 0 Å². The van der Waals surface area contributed by atoms with Gasteiger partial charge in [0.15, 0.2) is 11.7 Å². The Bertz CT molecular complexity index is 833. The van der Waals surface area contributed by atoms with Crippen molar-refractivity contribution in [2.45, 2.75) is 9.96 Å². The Hall–Kier alpha value is -1.15. The second kappa shape index (κ2) is 10.6. The Kier molecular flexibility index (Phi) is 8.74. The number of anilines is 1. The summed E-state index contributed by atoms with van der Waals surface area (Å²) in [6.45, 7) is -0.275. The van der Waals surface area contributed by atoms with E-state index >= 15 is 0 Å². The van der Waals surface area contributed by atoms with E-state index in [1.54, 1.807) is 42.5 Å². The highest BCUT2D eigenvalue weighted by molar-refractivity contribution is 7.80. The van der Waals surface area contributed by atoms with Crippen LogP contribution in [0.3, 0.4) is 0 Å². The number of carbonyl (C=O) groups is 1. The highest BCUT2D eigenvalue weighted by Crippen LogP contribution is 2.30. The summed E-state index contributed by atoms with van der Waals surface area (Å²) < 4.78 is 3.46. The van der Waals surface area contributed by atoms with Crippen LogP contribution in [0.4, 0.5) is 5.69 Å². The molecule has 0 unspecified atom stereocenters. The van der Waals surface area contributed by atoms with Gasteiger partial charge in [-0.3, -0.25) is 4.79 Å². The van der Waals surface area contributed by atoms with Crippen molar-refractivity contribution in [1.82, 2.24) is 10.6 Å². The van der Waals surface area contributed by atoms with Gasteiger partial charge in [0.2, 0.25) is 3.79 Å². The molecular weight excluding hydrogens is 488 g/mol. The first kappa shape index (κ1) is 23.1. The van der Waals surface area contributed by atoms with Gasteiger partial charge in [0.05, 0.1) is 10.7 Å². The normalized spacial score (nSPS) is 12.0. The minimum absolute atomic E-state index is 0.0600. The molecule has 0 bridgehead atoms. The number of carbonyl (C=O) groups excluding carboxylic acids is 1. The number of benzene rings is 2. The lowest BCUT2D eigenvalue weighted by molar-refractivity contribution is -0.123. The summed E-state index contributed by atoms with van der Waals surface area (Å²) in [7, 11) is 0. The number of ether oxygens (including phenoxy) is 1. The van der Waals surface area contributed by atoms with Gasteiger partial charge in [-0.1, -0.05) is 76.2 Å². The maximum atomic E-state index is 12.2. The molecule has 1 atom stereocenters. The van der Waals surface area contributed by atoms with Crippen LogP contribution in [0, 0.1) is 0 Å². The van der Waals surface area contributed by atoms with Crippen LogP contribution >= 0.6 is 70.2 Å². The molecule has 150 valence electrons. The number of halogens is 5. The molecule has 0 radical (unpaired) electrons. The van der Waals surface area contributed by atoms with Gasteiger partial charge in [0, 0.05) is 5.02 Å². The Morgan fingerprint density at radius 1 is 1.07 bits per heavy atom. The molecular formula is C17H14Cl5N3O2S. The van der Waals surface area contributed by atoms with Crippen LogP contribution in [-0.4, -0.2) is 27.6 Å². The summed E-state index contributed by atoms with van der Waals surface area (Å²) in [5.74, 6) is 0.0140.